The molecule has 0 unspecified atom stereocenters. The van der Waals surface area contributed by atoms with Crippen LogP contribution in [-0.4, -0.2) is 56.0 Å². The molecule has 4 rings (SSSR count). The molecule has 28 heavy (non-hydrogen) atoms. The van der Waals surface area contributed by atoms with Gasteiger partial charge in [0.05, 0.1) is 37.0 Å². The van der Waals surface area contributed by atoms with Gasteiger partial charge in [0.2, 0.25) is 0 Å². The molecule has 1 fully saturated rings. The summed E-state index contributed by atoms with van der Waals surface area (Å²) in [6.07, 6.45) is 1.67. The van der Waals surface area contributed by atoms with Gasteiger partial charge < -0.3 is 19.2 Å². The average Bonchev–Trinajstić information content (AvgIpc) is 3.30. The second-order valence-electron chi connectivity index (χ2n) is 6.61. The van der Waals surface area contributed by atoms with Crippen LogP contribution in [0.2, 0.25) is 0 Å². The molecule has 0 spiro atoms. The number of amides is 1. The Labute approximate surface area is 168 Å². The van der Waals surface area contributed by atoms with Crippen molar-refractivity contribution in [1.82, 2.24) is 10.2 Å². The number of nitrogens with one attached hydrogen (secondary N) is 1. The van der Waals surface area contributed by atoms with E-state index in [1.54, 1.807) is 18.0 Å². The van der Waals surface area contributed by atoms with Gasteiger partial charge in [-0.05, 0) is 17.7 Å². The molecule has 2 aromatic rings. The van der Waals surface area contributed by atoms with Crippen molar-refractivity contribution in [2.45, 2.75) is 6.04 Å². The van der Waals surface area contributed by atoms with Crippen LogP contribution in [-0.2, 0) is 14.3 Å². The van der Waals surface area contributed by atoms with Gasteiger partial charge in [0.25, 0.3) is 5.91 Å². The minimum absolute atomic E-state index is 0.0279. The third-order valence-corrected chi connectivity index (χ3v) is 5.92. The first kappa shape index (κ1) is 19.1. The molecule has 0 radical (unpaired) electrons. The number of hydrogen-bond acceptors (Lipinski definition) is 6. The zero-order valence-corrected chi connectivity index (χ0v) is 16.5. The second-order valence-corrected chi connectivity index (χ2v) is 7.72. The highest BCUT2D eigenvalue weighted by Gasteiger charge is 2.28. The summed E-state index contributed by atoms with van der Waals surface area (Å²) in [5, 5.41) is 3.06. The van der Waals surface area contributed by atoms with Crippen LogP contribution in [0.15, 0.2) is 58.9 Å². The number of thioether (sulfide) groups is 1. The Balaban J connectivity index is 1.50. The molecule has 148 valence electrons. The third-order valence-electron chi connectivity index (χ3n) is 4.84. The van der Waals surface area contributed by atoms with Gasteiger partial charge in [-0.2, -0.15) is 0 Å². The number of ether oxygens (including phenoxy) is 2. The van der Waals surface area contributed by atoms with Crippen LogP contribution < -0.4 is 5.32 Å². The highest BCUT2D eigenvalue weighted by atomic mass is 32.2. The van der Waals surface area contributed by atoms with Gasteiger partial charge in [0.15, 0.2) is 5.76 Å². The minimum atomic E-state index is -0.184. The topological polar surface area (TPSA) is 63.9 Å². The van der Waals surface area contributed by atoms with Gasteiger partial charge in [-0.1, -0.05) is 30.3 Å². The Morgan fingerprint density at radius 2 is 1.93 bits per heavy atom. The first-order chi connectivity index (χ1) is 13.8. The zero-order chi connectivity index (χ0) is 19.2. The first-order valence-electron chi connectivity index (χ1n) is 9.51. The van der Waals surface area contributed by atoms with Crippen LogP contribution in [0.25, 0.3) is 4.91 Å². The summed E-state index contributed by atoms with van der Waals surface area (Å²) >= 11 is 1.66. The summed E-state index contributed by atoms with van der Waals surface area (Å²) in [5.74, 6) is 1.90. The lowest BCUT2D eigenvalue weighted by atomic mass is 10.1. The summed E-state index contributed by atoms with van der Waals surface area (Å²) in [6.45, 7) is 3.99. The molecule has 1 saturated heterocycles. The van der Waals surface area contributed by atoms with Crippen LogP contribution in [0.3, 0.4) is 0 Å². The van der Waals surface area contributed by atoms with E-state index in [4.69, 9.17) is 13.9 Å². The van der Waals surface area contributed by atoms with Crippen molar-refractivity contribution in [3.05, 3.63) is 65.8 Å². The number of nitrogens with zero attached hydrogens (tertiary/aromatic N) is 1. The molecule has 1 aromatic carbocycles. The molecule has 3 heterocycles. The number of carbonyl (C=O) groups excluding carboxylic acids is 1. The second kappa shape index (κ2) is 9.32. The summed E-state index contributed by atoms with van der Waals surface area (Å²) < 4.78 is 16.9. The van der Waals surface area contributed by atoms with Crippen molar-refractivity contribution in [3.63, 3.8) is 0 Å². The quantitative estimate of drug-likeness (QED) is 0.805. The largest absolute Gasteiger partial charge is 0.486 e. The molecule has 2 aliphatic heterocycles. The van der Waals surface area contributed by atoms with E-state index in [9.17, 15) is 4.79 Å². The van der Waals surface area contributed by atoms with Gasteiger partial charge in [-0.3, -0.25) is 9.69 Å². The number of carbonyl (C=O) groups is 1. The lowest BCUT2D eigenvalue weighted by Crippen LogP contribution is -2.44. The maximum Gasteiger partial charge on any atom is 0.287 e. The van der Waals surface area contributed by atoms with Crippen LogP contribution in [0, 0.1) is 0 Å². The van der Waals surface area contributed by atoms with E-state index in [0.717, 1.165) is 35.1 Å². The van der Waals surface area contributed by atoms with E-state index in [1.165, 1.54) is 0 Å². The van der Waals surface area contributed by atoms with Gasteiger partial charge in [0, 0.05) is 25.4 Å². The Hall–Kier alpha value is -2.22. The summed E-state index contributed by atoms with van der Waals surface area (Å²) in [7, 11) is 0. The highest BCUT2D eigenvalue weighted by molar-refractivity contribution is 8.08. The molecule has 7 heteroatoms. The van der Waals surface area contributed by atoms with E-state index < -0.39 is 0 Å². The maximum absolute atomic E-state index is 13.0. The molecule has 0 aliphatic carbocycles. The fraction of sp³-hybridized carbons (Fsp3) is 0.381. The number of rotatable bonds is 6. The standard InChI is InChI=1S/C21H24N2O4S/c24-21(19-20(28-14-13-27-19)16-5-2-1-3-6-16)22-15-17(18-7-4-10-26-18)23-8-11-25-12-9-23/h1-7,10,17H,8-9,11-15H2,(H,22,24)/t17-/m1/s1. The summed E-state index contributed by atoms with van der Waals surface area (Å²) in [6, 6.07) is 13.7. The Morgan fingerprint density at radius 1 is 1.11 bits per heavy atom. The van der Waals surface area contributed by atoms with Crippen LogP contribution in [0.4, 0.5) is 0 Å². The SMILES string of the molecule is O=C(NC[C@H](c1ccco1)N1CCOCC1)C1=C(c2ccccc2)SCCO1. The number of benzene rings is 1. The average molecular weight is 401 g/mol. The normalized spacial score (nSPS) is 19.1. The lowest BCUT2D eigenvalue weighted by Gasteiger charge is -2.33. The molecular weight excluding hydrogens is 376 g/mol. The van der Waals surface area contributed by atoms with Crippen LogP contribution >= 0.6 is 11.8 Å². The molecular formula is C21H24N2O4S. The number of furan rings is 1. The van der Waals surface area contributed by atoms with Crippen molar-refractivity contribution in [1.29, 1.82) is 0 Å². The van der Waals surface area contributed by atoms with Crippen molar-refractivity contribution in [2.24, 2.45) is 0 Å². The van der Waals surface area contributed by atoms with Gasteiger partial charge in [0.1, 0.15) is 5.76 Å². The van der Waals surface area contributed by atoms with Crippen molar-refractivity contribution < 1.29 is 18.7 Å². The van der Waals surface area contributed by atoms with E-state index in [2.05, 4.69) is 10.2 Å². The molecule has 1 aromatic heterocycles. The van der Waals surface area contributed by atoms with Crippen LogP contribution in [0.1, 0.15) is 17.4 Å². The van der Waals surface area contributed by atoms with Gasteiger partial charge in [-0.25, -0.2) is 0 Å². The Morgan fingerprint density at radius 3 is 2.68 bits per heavy atom. The molecule has 1 N–H and O–H groups in total. The molecule has 6 nitrogen and oxygen atoms in total. The van der Waals surface area contributed by atoms with E-state index >= 15 is 0 Å². The predicted molar refractivity (Wildman–Crippen MR) is 109 cm³/mol. The third kappa shape index (κ3) is 4.43. The molecule has 1 amide bonds. The molecule has 0 saturated carbocycles. The summed E-state index contributed by atoms with van der Waals surface area (Å²) in [4.78, 5) is 16.1. The minimum Gasteiger partial charge on any atom is -0.486 e. The lowest BCUT2D eigenvalue weighted by molar-refractivity contribution is -0.121. The van der Waals surface area contributed by atoms with Gasteiger partial charge in [-0.15, -0.1) is 11.8 Å². The van der Waals surface area contributed by atoms with E-state index in [-0.39, 0.29) is 11.9 Å². The first-order valence-corrected chi connectivity index (χ1v) is 10.5. The van der Waals surface area contributed by atoms with Crippen molar-refractivity contribution in [2.75, 3.05) is 45.2 Å². The molecule has 2 aliphatic rings. The highest BCUT2D eigenvalue weighted by Crippen LogP contribution is 2.34. The van der Waals surface area contributed by atoms with E-state index in [1.807, 2.05) is 42.5 Å². The van der Waals surface area contributed by atoms with Gasteiger partial charge >= 0.3 is 0 Å². The van der Waals surface area contributed by atoms with E-state index in [0.29, 0.717) is 32.1 Å². The summed E-state index contributed by atoms with van der Waals surface area (Å²) in [5.41, 5.74) is 1.01. The zero-order valence-electron chi connectivity index (χ0n) is 15.6. The smallest absolute Gasteiger partial charge is 0.287 e. The Bertz CT molecular complexity index is 801. The molecule has 1 atom stereocenters. The monoisotopic (exact) mass is 400 g/mol. The fourth-order valence-corrected chi connectivity index (χ4v) is 4.40. The molecule has 0 bridgehead atoms. The predicted octanol–water partition coefficient (Wildman–Crippen LogP) is 2.90. The fourth-order valence-electron chi connectivity index (χ4n) is 3.44. The number of hydrogen-bond donors (Lipinski definition) is 1. The van der Waals surface area contributed by atoms with Crippen molar-refractivity contribution in [3.8, 4) is 0 Å². The number of morpholine rings is 1. The van der Waals surface area contributed by atoms with Crippen molar-refractivity contribution >= 4 is 22.6 Å². The van der Waals surface area contributed by atoms with Crippen LogP contribution in [0.5, 0.6) is 0 Å². The maximum atomic E-state index is 13.0. The Kier molecular flexibility index (Phi) is 6.36.